The number of fused-ring (bicyclic) bond motifs is 1. The van der Waals surface area contributed by atoms with Crippen molar-refractivity contribution < 1.29 is 4.39 Å². The van der Waals surface area contributed by atoms with Gasteiger partial charge in [0.1, 0.15) is 23.8 Å². The molecule has 7 heteroatoms. The van der Waals surface area contributed by atoms with Crippen LogP contribution < -0.4 is 5.32 Å². The first-order chi connectivity index (χ1) is 14.0. The molecule has 0 aliphatic rings. The summed E-state index contributed by atoms with van der Waals surface area (Å²) in [5.41, 5.74) is 3.54. The fraction of sp³-hybridized carbons (Fsp3) is 0.227. The van der Waals surface area contributed by atoms with Crippen LogP contribution in [-0.4, -0.2) is 34.0 Å². The summed E-state index contributed by atoms with van der Waals surface area (Å²) in [4.78, 5) is 20.8. The van der Waals surface area contributed by atoms with Gasteiger partial charge in [-0.15, -0.1) is 0 Å². The zero-order chi connectivity index (χ0) is 20.8. The highest BCUT2D eigenvalue weighted by Gasteiger charge is 2.11. The third kappa shape index (κ3) is 5.07. The van der Waals surface area contributed by atoms with E-state index >= 15 is 0 Å². The first-order valence-corrected chi connectivity index (χ1v) is 9.26. The van der Waals surface area contributed by atoms with Gasteiger partial charge in [0.2, 0.25) is 0 Å². The number of nitrogens with zero attached hydrogens (tertiary/aromatic N) is 5. The Kier molecular flexibility index (Phi) is 6.39. The third-order valence-electron chi connectivity index (χ3n) is 4.57. The lowest BCUT2D eigenvalue weighted by Gasteiger charge is -2.15. The van der Waals surface area contributed by atoms with Gasteiger partial charge >= 0.3 is 0 Å². The Morgan fingerprint density at radius 2 is 2.07 bits per heavy atom. The van der Waals surface area contributed by atoms with Crippen molar-refractivity contribution in [3.8, 4) is 0 Å². The standard InChI is InChI=1S/C22H23FN6/c1-14(19-7-5-6-17-8-18(23)12-27-22(17)19)10-26-21-9-20(28-13-29-21)15(2)11-25-16(3)24-4/h5-9,11-14H,4,10H2,1-3H3,(H,26,28,29)/b15-11+,25-16-/t14-/m1/s1. The van der Waals surface area contributed by atoms with Crippen molar-refractivity contribution in [2.75, 3.05) is 11.9 Å². The number of para-hydroxylation sites is 1. The molecule has 0 aliphatic heterocycles. The topological polar surface area (TPSA) is 75.4 Å². The number of nitrogens with one attached hydrogen (secondary N) is 1. The summed E-state index contributed by atoms with van der Waals surface area (Å²) in [6.45, 7) is 9.90. The van der Waals surface area contributed by atoms with Crippen LogP contribution in [0, 0.1) is 5.82 Å². The molecular weight excluding hydrogens is 367 g/mol. The monoisotopic (exact) mass is 390 g/mol. The summed E-state index contributed by atoms with van der Waals surface area (Å²) in [6, 6.07) is 9.19. The van der Waals surface area contributed by atoms with Crippen molar-refractivity contribution in [1.29, 1.82) is 0 Å². The zero-order valence-corrected chi connectivity index (χ0v) is 16.7. The molecule has 0 unspecified atom stereocenters. The maximum Gasteiger partial charge on any atom is 0.142 e. The number of benzene rings is 1. The zero-order valence-electron chi connectivity index (χ0n) is 16.7. The van der Waals surface area contributed by atoms with Crippen molar-refractivity contribution in [2.24, 2.45) is 9.98 Å². The van der Waals surface area contributed by atoms with E-state index in [1.165, 1.54) is 18.6 Å². The maximum atomic E-state index is 13.5. The number of halogens is 1. The van der Waals surface area contributed by atoms with Crippen LogP contribution in [0.1, 0.15) is 37.9 Å². The van der Waals surface area contributed by atoms with Crippen molar-refractivity contribution >= 4 is 34.8 Å². The number of hydrogen-bond acceptors (Lipinski definition) is 5. The van der Waals surface area contributed by atoms with E-state index in [0.29, 0.717) is 12.4 Å². The quantitative estimate of drug-likeness (QED) is 0.482. The molecule has 0 spiro atoms. The lowest BCUT2D eigenvalue weighted by Crippen LogP contribution is -2.12. The Morgan fingerprint density at radius 1 is 1.24 bits per heavy atom. The first kappa shape index (κ1) is 20.3. The number of aliphatic imine (C=N–C) groups is 2. The van der Waals surface area contributed by atoms with Crippen LogP contribution in [0.3, 0.4) is 0 Å². The minimum atomic E-state index is -0.333. The average molecular weight is 390 g/mol. The minimum absolute atomic E-state index is 0.151. The van der Waals surface area contributed by atoms with E-state index in [1.807, 2.05) is 31.2 Å². The van der Waals surface area contributed by atoms with Gasteiger partial charge in [-0.25, -0.2) is 24.3 Å². The van der Waals surface area contributed by atoms with E-state index in [0.717, 1.165) is 33.6 Å². The number of pyridine rings is 1. The summed E-state index contributed by atoms with van der Waals surface area (Å²) in [5, 5.41) is 4.14. The van der Waals surface area contributed by atoms with Crippen LogP contribution in [0.5, 0.6) is 0 Å². The number of hydrogen-bond donors (Lipinski definition) is 1. The highest BCUT2D eigenvalue weighted by molar-refractivity contribution is 5.85. The predicted octanol–water partition coefficient (Wildman–Crippen LogP) is 4.86. The largest absolute Gasteiger partial charge is 0.369 e. The average Bonchev–Trinajstić information content (AvgIpc) is 2.75. The van der Waals surface area contributed by atoms with Gasteiger partial charge in [-0.3, -0.25) is 4.98 Å². The van der Waals surface area contributed by atoms with E-state index in [9.17, 15) is 4.39 Å². The molecule has 1 atom stereocenters. The maximum absolute atomic E-state index is 13.5. The third-order valence-corrected chi connectivity index (χ3v) is 4.57. The van der Waals surface area contributed by atoms with Crippen molar-refractivity contribution in [3.05, 3.63) is 66.1 Å². The predicted molar refractivity (Wildman–Crippen MR) is 117 cm³/mol. The molecule has 0 amide bonds. The van der Waals surface area contributed by atoms with Gasteiger partial charge in [0, 0.05) is 30.1 Å². The van der Waals surface area contributed by atoms with Crippen LogP contribution in [0.15, 0.2) is 59.0 Å². The highest BCUT2D eigenvalue weighted by Crippen LogP contribution is 2.25. The van der Waals surface area contributed by atoms with E-state index in [-0.39, 0.29) is 11.7 Å². The molecule has 29 heavy (non-hydrogen) atoms. The molecule has 0 bridgehead atoms. The molecule has 3 rings (SSSR count). The van der Waals surface area contributed by atoms with Gasteiger partial charge in [-0.1, -0.05) is 25.1 Å². The lowest BCUT2D eigenvalue weighted by molar-refractivity contribution is 0.624. The van der Waals surface area contributed by atoms with Crippen molar-refractivity contribution in [1.82, 2.24) is 15.0 Å². The van der Waals surface area contributed by atoms with Crippen LogP contribution in [-0.2, 0) is 0 Å². The fourth-order valence-corrected chi connectivity index (χ4v) is 2.89. The molecular formula is C22H23FN6. The molecule has 1 aromatic carbocycles. The molecule has 0 aliphatic carbocycles. The summed E-state index contributed by atoms with van der Waals surface area (Å²) in [6.07, 6.45) is 4.48. The van der Waals surface area contributed by atoms with Crippen LogP contribution in [0.2, 0.25) is 0 Å². The van der Waals surface area contributed by atoms with Gasteiger partial charge < -0.3 is 5.32 Å². The van der Waals surface area contributed by atoms with Crippen LogP contribution in [0.4, 0.5) is 10.2 Å². The SMILES string of the molecule is C=N/C(C)=N\C=C(/C)c1cc(NC[C@@H](C)c2cccc3cc(F)cnc23)ncn1. The smallest absolute Gasteiger partial charge is 0.142 e. The Morgan fingerprint density at radius 3 is 2.86 bits per heavy atom. The molecule has 1 N–H and O–H groups in total. The minimum Gasteiger partial charge on any atom is -0.369 e. The molecule has 2 heterocycles. The van der Waals surface area contributed by atoms with Gasteiger partial charge in [0.05, 0.1) is 17.4 Å². The van der Waals surface area contributed by atoms with E-state index in [1.54, 1.807) is 13.1 Å². The normalized spacial score (nSPS) is 13.4. The Labute approximate surface area is 169 Å². The van der Waals surface area contributed by atoms with Crippen LogP contribution >= 0.6 is 0 Å². The Hall–Kier alpha value is -3.48. The summed E-state index contributed by atoms with van der Waals surface area (Å²) in [7, 11) is 0. The summed E-state index contributed by atoms with van der Waals surface area (Å²) < 4.78 is 13.5. The molecule has 0 fully saturated rings. The van der Waals surface area contributed by atoms with Gasteiger partial charge in [-0.2, -0.15) is 0 Å². The second-order valence-corrected chi connectivity index (χ2v) is 6.79. The van der Waals surface area contributed by atoms with Crippen molar-refractivity contribution in [3.63, 3.8) is 0 Å². The Balaban J connectivity index is 1.74. The van der Waals surface area contributed by atoms with E-state index in [4.69, 9.17) is 0 Å². The molecule has 3 aromatic rings. The van der Waals surface area contributed by atoms with E-state index in [2.05, 4.69) is 43.9 Å². The van der Waals surface area contributed by atoms with Gasteiger partial charge in [-0.05, 0) is 37.8 Å². The number of anilines is 1. The van der Waals surface area contributed by atoms with E-state index < -0.39 is 0 Å². The number of allylic oxidation sites excluding steroid dienone is 1. The summed E-state index contributed by atoms with van der Waals surface area (Å²) in [5.74, 6) is 1.13. The molecule has 0 radical (unpaired) electrons. The second-order valence-electron chi connectivity index (χ2n) is 6.79. The number of rotatable bonds is 6. The molecule has 6 nitrogen and oxygen atoms in total. The number of amidine groups is 1. The Bertz CT molecular complexity index is 1090. The van der Waals surface area contributed by atoms with Crippen molar-refractivity contribution in [2.45, 2.75) is 26.7 Å². The summed E-state index contributed by atoms with van der Waals surface area (Å²) >= 11 is 0. The second kappa shape index (κ2) is 9.14. The van der Waals surface area contributed by atoms with Gasteiger partial charge in [0.15, 0.2) is 0 Å². The molecule has 148 valence electrons. The highest BCUT2D eigenvalue weighted by atomic mass is 19.1. The molecule has 0 saturated heterocycles. The van der Waals surface area contributed by atoms with Gasteiger partial charge in [0.25, 0.3) is 0 Å². The lowest BCUT2D eigenvalue weighted by atomic mass is 9.98. The molecule has 2 aromatic heterocycles. The number of aromatic nitrogens is 3. The first-order valence-electron chi connectivity index (χ1n) is 9.26. The van der Waals surface area contributed by atoms with Crippen LogP contribution in [0.25, 0.3) is 16.5 Å². The fourth-order valence-electron chi connectivity index (χ4n) is 2.89. The molecule has 0 saturated carbocycles.